The maximum absolute atomic E-state index is 16.3. The number of nitrogens with one attached hydrogen (secondary N) is 1. The molecule has 48 heavy (non-hydrogen) atoms. The van der Waals surface area contributed by atoms with Crippen molar-refractivity contribution >= 4 is 53.4 Å². The Kier molecular flexibility index (Phi) is 9.56. The lowest BCUT2D eigenvalue weighted by atomic mass is 9.82. The minimum atomic E-state index is -3.47. The van der Waals surface area contributed by atoms with Crippen LogP contribution in [0.3, 0.4) is 0 Å². The van der Waals surface area contributed by atoms with E-state index in [1.807, 2.05) is 43.3 Å². The fraction of sp³-hybridized carbons (Fsp3) is 0.417. The fourth-order valence-corrected chi connectivity index (χ4v) is 10.8. The lowest BCUT2D eigenvalue weighted by molar-refractivity contribution is -0.150. The van der Waals surface area contributed by atoms with Gasteiger partial charge in [-0.25, -0.2) is 0 Å². The molecular formula is C36H41BrFN3O6Si. The molecule has 0 unspecified atom stereocenters. The molecule has 3 amide bonds. The van der Waals surface area contributed by atoms with Gasteiger partial charge in [-0.3, -0.25) is 14.4 Å². The van der Waals surface area contributed by atoms with Gasteiger partial charge in [0, 0.05) is 39.3 Å². The number of nitrogens with zero attached hydrogens (tertiary/aromatic N) is 2. The van der Waals surface area contributed by atoms with E-state index in [0.29, 0.717) is 34.8 Å². The number of aliphatic hydroxyl groups excluding tert-OH is 1. The van der Waals surface area contributed by atoms with Gasteiger partial charge in [0.2, 0.25) is 14.3 Å². The molecule has 254 valence electrons. The second-order valence-electron chi connectivity index (χ2n) is 13.5. The van der Waals surface area contributed by atoms with E-state index in [2.05, 4.69) is 21.2 Å². The molecule has 3 heterocycles. The molecule has 6 rings (SSSR count). The Labute approximate surface area is 289 Å². The van der Waals surface area contributed by atoms with Crippen molar-refractivity contribution in [1.29, 1.82) is 0 Å². The smallest absolute Gasteiger partial charge is 0.264 e. The molecule has 3 aliphatic rings. The zero-order valence-electron chi connectivity index (χ0n) is 27.5. The van der Waals surface area contributed by atoms with Gasteiger partial charge in [0.25, 0.3) is 11.8 Å². The number of anilines is 2. The van der Waals surface area contributed by atoms with Gasteiger partial charge in [-0.05, 0) is 86.1 Å². The number of amides is 3. The van der Waals surface area contributed by atoms with Crippen molar-refractivity contribution in [2.24, 2.45) is 5.92 Å². The molecule has 0 bridgehead atoms. The number of benzene rings is 3. The average Bonchev–Trinajstić information content (AvgIpc) is 3.71. The summed E-state index contributed by atoms with van der Waals surface area (Å²) in [5.74, 6) is -0.663. The van der Waals surface area contributed by atoms with Gasteiger partial charge >= 0.3 is 0 Å². The number of aliphatic hydroxyl groups is 1. The summed E-state index contributed by atoms with van der Waals surface area (Å²) in [6, 6.07) is 19.5. The molecular weight excluding hydrogens is 697 g/mol. The highest BCUT2D eigenvalue weighted by molar-refractivity contribution is 9.10. The van der Waals surface area contributed by atoms with Crippen molar-refractivity contribution in [3.63, 3.8) is 0 Å². The standard InChI is InChI=1S/C36H41BrFN3O6Si/c1-22-33(48(3,4)38)31(19-32(43)40-16-6-9-27(40)21-42)47-36(22)29-18-25(37)12-15-30(29)41(35(36)45)20-23-7-5-8-26(17-23)39-34(44)24-10-13-28(46-2)14-11-24/h5,7-8,10-15,17-18,22,27,31,33,42H,6,9,16,19-21H2,1-4H3,(H,39,44)/t22-,27-,31+,33-,36+/m0/s1. The Bertz CT molecular complexity index is 1720. The van der Waals surface area contributed by atoms with Crippen LogP contribution < -0.4 is 15.0 Å². The van der Waals surface area contributed by atoms with Gasteiger partial charge in [-0.2, -0.15) is 0 Å². The van der Waals surface area contributed by atoms with Gasteiger partial charge in [0.15, 0.2) is 5.60 Å². The number of carbonyl (C=O) groups excluding carboxylic acids is 3. The maximum atomic E-state index is 16.3. The number of likely N-dealkylation sites (tertiary alicyclic amines) is 1. The molecule has 2 N–H and O–H groups in total. The summed E-state index contributed by atoms with van der Waals surface area (Å²) in [7, 11) is -1.90. The lowest BCUT2D eigenvalue weighted by Gasteiger charge is -2.31. The van der Waals surface area contributed by atoms with E-state index in [0.717, 1.165) is 22.9 Å². The van der Waals surface area contributed by atoms with Gasteiger partial charge in [0.05, 0.1) is 44.5 Å². The van der Waals surface area contributed by atoms with Crippen LogP contribution in [-0.4, -0.2) is 68.5 Å². The zero-order chi connectivity index (χ0) is 34.4. The number of halogens is 2. The molecule has 0 aliphatic carbocycles. The zero-order valence-corrected chi connectivity index (χ0v) is 30.1. The number of carbonyl (C=O) groups is 3. The Morgan fingerprint density at radius 3 is 2.58 bits per heavy atom. The largest absolute Gasteiger partial charge is 0.497 e. The van der Waals surface area contributed by atoms with Crippen LogP contribution >= 0.6 is 15.9 Å². The van der Waals surface area contributed by atoms with Crippen molar-refractivity contribution in [3.05, 3.63) is 87.9 Å². The molecule has 0 aromatic heterocycles. The Morgan fingerprint density at radius 2 is 1.90 bits per heavy atom. The third-order valence-electron chi connectivity index (χ3n) is 10.1. The highest BCUT2D eigenvalue weighted by atomic mass is 79.9. The summed E-state index contributed by atoms with van der Waals surface area (Å²) in [6.07, 6.45) is 0.672. The fourth-order valence-electron chi connectivity index (χ4n) is 7.90. The molecule has 9 nitrogen and oxygen atoms in total. The van der Waals surface area contributed by atoms with Crippen LogP contribution in [0.15, 0.2) is 71.2 Å². The normalized spacial score (nSPS) is 25.1. The molecule has 2 saturated heterocycles. The second kappa shape index (κ2) is 13.4. The first-order valence-corrected chi connectivity index (χ1v) is 20.1. The Balaban J connectivity index is 1.29. The number of hydrogen-bond donors (Lipinski definition) is 2. The summed E-state index contributed by atoms with van der Waals surface area (Å²) in [4.78, 5) is 44.6. The Hall–Kier alpha value is -3.58. The van der Waals surface area contributed by atoms with Gasteiger partial charge in [-0.1, -0.05) is 35.0 Å². The number of ether oxygens (including phenoxy) is 2. The van der Waals surface area contributed by atoms with E-state index < -0.39 is 31.6 Å². The van der Waals surface area contributed by atoms with Crippen LogP contribution in [0, 0.1) is 5.92 Å². The molecule has 0 radical (unpaired) electrons. The first-order valence-electron chi connectivity index (χ1n) is 16.3. The lowest BCUT2D eigenvalue weighted by Crippen LogP contribution is -2.45. The maximum Gasteiger partial charge on any atom is 0.264 e. The number of fused-ring (bicyclic) bond motifs is 2. The molecule has 3 aromatic rings. The molecule has 3 aromatic carbocycles. The molecule has 0 saturated carbocycles. The van der Waals surface area contributed by atoms with E-state index in [1.54, 1.807) is 60.3 Å². The third kappa shape index (κ3) is 6.19. The summed E-state index contributed by atoms with van der Waals surface area (Å²) in [6.45, 7) is 5.72. The topological polar surface area (TPSA) is 108 Å². The van der Waals surface area contributed by atoms with Crippen molar-refractivity contribution < 1.29 is 33.1 Å². The van der Waals surface area contributed by atoms with Crippen LogP contribution in [0.1, 0.15) is 47.7 Å². The minimum absolute atomic E-state index is 0.0554. The first-order chi connectivity index (χ1) is 22.9. The van der Waals surface area contributed by atoms with Crippen molar-refractivity contribution in [1.82, 2.24) is 4.90 Å². The number of hydrogen-bond acceptors (Lipinski definition) is 6. The van der Waals surface area contributed by atoms with Crippen LogP contribution in [0.4, 0.5) is 15.5 Å². The number of rotatable bonds is 9. The SMILES string of the molecule is COc1ccc(C(=O)Nc2cccc(CN3C(=O)[C@]4(O[C@H](CC(=O)N5CCC[C@H]5CO)[C@@H]([Si](C)(C)F)[C@@H]4C)c4cc(Br)ccc43)c2)cc1. The van der Waals surface area contributed by atoms with Crippen molar-refractivity contribution in [3.8, 4) is 5.75 Å². The first kappa shape index (κ1) is 34.3. The summed E-state index contributed by atoms with van der Waals surface area (Å²) >= 11 is 3.57. The van der Waals surface area contributed by atoms with Crippen LogP contribution in [0.25, 0.3) is 0 Å². The highest BCUT2D eigenvalue weighted by Gasteiger charge is 2.67. The predicted octanol–water partition coefficient (Wildman–Crippen LogP) is 6.41. The highest BCUT2D eigenvalue weighted by Crippen LogP contribution is 2.60. The van der Waals surface area contributed by atoms with E-state index >= 15 is 4.11 Å². The third-order valence-corrected chi connectivity index (χ3v) is 13.0. The minimum Gasteiger partial charge on any atom is -0.497 e. The quantitative estimate of drug-likeness (QED) is 0.194. The van der Waals surface area contributed by atoms with Crippen molar-refractivity contribution in [2.45, 2.75) is 69.1 Å². The second-order valence-corrected chi connectivity index (χ2v) is 18.2. The van der Waals surface area contributed by atoms with E-state index in [9.17, 15) is 19.5 Å². The molecule has 1 spiro atoms. The van der Waals surface area contributed by atoms with Crippen LogP contribution in [0.5, 0.6) is 5.75 Å². The number of methoxy groups -OCH3 is 1. The van der Waals surface area contributed by atoms with E-state index in [1.165, 1.54) is 0 Å². The predicted molar refractivity (Wildman–Crippen MR) is 187 cm³/mol. The van der Waals surface area contributed by atoms with Crippen LogP contribution in [0.2, 0.25) is 18.6 Å². The summed E-state index contributed by atoms with van der Waals surface area (Å²) in [5.41, 5.74) is 1.03. The van der Waals surface area contributed by atoms with Gasteiger partial charge in [0.1, 0.15) is 5.75 Å². The van der Waals surface area contributed by atoms with Gasteiger partial charge in [-0.15, -0.1) is 0 Å². The monoisotopic (exact) mass is 737 g/mol. The van der Waals surface area contributed by atoms with Crippen LogP contribution in [-0.2, 0) is 26.5 Å². The van der Waals surface area contributed by atoms with E-state index in [-0.39, 0.29) is 43.3 Å². The molecule has 12 heteroatoms. The van der Waals surface area contributed by atoms with Gasteiger partial charge < -0.3 is 33.8 Å². The Morgan fingerprint density at radius 1 is 1.15 bits per heavy atom. The summed E-state index contributed by atoms with van der Waals surface area (Å²) in [5, 5.41) is 12.8. The molecule has 2 fully saturated rings. The molecule has 3 aliphatic heterocycles. The molecule has 5 atom stereocenters. The average molecular weight is 739 g/mol. The van der Waals surface area contributed by atoms with Crippen molar-refractivity contribution in [2.75, 3.05) is 30.5 Å². The van der Waals surface area contributed by atoms with E-state index in [4.69, 9.17) is 9.47 Å². The summed E-state index contributed by atoms with van der Waals surface area (Å²) < 4.78 is 29.0.